The Morgan fingerprint density at radius 1 is 0.724 bits per heavy atom. The zero-order chi connectivity index (χ0) is 19.8. The third kappa shape index (κ3) is 2.79. The lowest BCUT2D eigenvalue weighted by atomic mass is 9.90. The van der Waals surface area contributed by atoms with Crippen molar-refractivity contribution in [3.8, 4) is 22.5 Å². The summed E-state index contributed by atoms with van der Waals surface area (Å²) >= 11 is 0. The van der Waals surface area contributed by atoms with Gasteiger partial charge in [-0.25, -0.2) is 4.79 Å². The molecule has 3 nitrogen and oxygen atoms in total. The van der Waals surface area contributed by atoms with E-state index >= 15 is 0 Å². The summed E-state index contributed by atoms with van der Waals surface area (Å²) in [5.41, 5.74) is 4.00. The molecule has 140 valence electrons. The van der Waals surface area contributed by atoms with E-state index in [-0.39, 0.29) is 5.97 Å². The van der Waals surface area contributed by atoms with Gasteiger partial charge in [0.25, 0.3) is 0 Å². The maximum atomic E-state index is 12.7. The van der Waals surface area contributed by atoms with E-state index in [1.54, 1.807) is 0 Å². The number of rotatable bonds is 3. The molecular weight excluding hydrogens is 360 g/mol. The van der Waals surface area contributed by atoms with Crippen molar-refractivity contribution in [2.24, 2.45) is 0 Å². The molecule has 0 fully saturated rings. The second-order valence-electron chi connectivity index (χ2n) is 6.87. The summed E-state index contributed by atoms with van der Waals surface area (Å²) in [5.74, 6) is 0.378. The van der Waals surface area contributed by atoms with E-state index in [2.05, 4.69) is 0 Å². The number of fused-ring (bicyclic) bond motifs is 2. The number of hydrogen-bond donors (Lipinski definition) is 0. The van der Waals surface area contributed by atoms with Gasteiger partial charge in [-0.2, -0.15) is 0 Å². The van der Waals surface area contributed by atoms with Crippen molar-refractivity contribution in [2.75, 3.05) is 7.11 Å². The summed E-state index contributed by atoms with van der Waals surface area (Å²) in [6.07, 6.45) is 0. The molecule has 0 bridgehead atoms. The van der Waals surface area contributed by atoms with Crippen LogP contribution in [-0.2, 0) is 4.74 Å². The van der Waals surface area contributed by atoms with Gasteiger partial charge in [0.05, 0.1) is 12.7 Å². The van der Waals surface area contributed by atoms with Gasteiger partial charge in [0.15, 0.2) is 0 Å². The normalized spacial score (nSPS) is 11.1. The number of esters is 1. The lowest BCUT2D eigenvalue weighted by Gasteiger charge is -2.13. The van der Waals surface area contributed by atoms with Crippen molar-refractivity contribution < 1.29 is 13.9 Å². The molecule has 29 heavy (non-hydrogen) atoms. The number of benzene rings is 4. The molecule has 0 spiro atoms. The number of para-hydroxylation sites is 1. The molecule has 0 aliphatic carbocycles. The van der Waals surface area contributed by atoms with E-state index in [1.807, 2.05) is 91.0 Å². The maximum absolute atomic E-state index is 12.7. The van der Waals surface area contributed by atoms with Crippen molar-refractivity contribution in [1.82, 2.24) is 0 Å². The number of ether oxygens (including phenoxy) is 1. The van der Waals surface area contributed by atoms with E-state index in [9.17, 15) is 4.79 Å². The van der Waals surface area contributed by atoms with Crippen LogP contribution in [0.4, 0.5) is 0 Å². The Hall–Kier alpha value is -3.85. The largest absolute Gasteiger partial charge is 0.465 e. The Morgan fingerprint density at radius 3 is 2.21 bits per heavy atom. The first-order chi connectivity index (χ1) is 14.3. The van der Waals surface area contributed by atoms with Gasteiger partial charge in [-0.3, -0.25) is 0 Å². The van der Waals surface area contributed by atoms with Gasteiger partial charge >= 0.3 is 5.97 Å². The zero-order valence-electron chi connectivity index (χ0n) is 15.9. The Kier molecular flexibility index (Phi) is 4.14. The molecule has 0 aliphatic heterocycles. The average molecular weight is 378 g/mol. The third-order valence-electron chi connectivity index (χ3n) is 5.22. The van der Waals surface area contributed by atoms with E-state index in [1.165, 1.54) is 7.11 Å². The van der Waals surface area contributed by atoms with Crippen LogP contribution in [-0.4, -0.2) is 13.1 Å². The van der Waals surface area contributed by atoms with Gasteiger partial charge in [-0.1, -0.05) is 78.9 Å². The summed E-state index contributed by atoms with van der Waals surface area (Å²) in [6, 6.07) is 29.7. The minimum absolute atomic E-state index is 0.366. The highest BCUT2D eigenvalue weighted by molar-refractivity contribution is 6.15. The van der Waals surface area contributed by atoms with Crippen LogP contribution in [0.25, 0.3) is 44.2 Å². The summed E-state index contributed by atoms with van der Waals surface area (Å²) in [4.78, 5) is 12.7. The first-order valence-corrected chi connectivity index (χ1v) is 9.45. The van der Waals surface area contributed by atoms with Crippen LogP contribution in [0.5, 0.6) is 0 Å². The maximum Gasteiger partial charge on any atom is 0.338 e. The van der Waals surface area contributed by atoms with Crippen molar-refractivity contribution >= 4 is 27.7 Å². The monoisotopic (exact) mass is 378 g/mol. The highest BCUT2D eigenvalue weighted by Crippen LogP contribution is 2.44. The molecule has 4 aromatic carbocycles. The molecule has 5 aromatic rings. The van der Waals surface area contributed by atoms with Crippen molar-refractivity contribution in [2.45, 2.75) is 0 Å². The van der Waals surface area contributed by atoms with Crippen LogP contribution in [0.15, 0.2) is 95.4 Å². The lowest BCUT2D eigenvalue weighted by Crippen LogP contribution is -2.04. The van der Waals surface area contributed by atoms with Crippen molar-refractivity contribution in [1.29, 1.82) is 0 Å². The molecule has 1 aromatic heterocycles. The van der Waals surface area contributed by atoms with Crippen molar-refractivity contribution in [3.63, 3.8) is 0 Å². The van der Waals surface area contributed by atoms with Gasteiger partial charge in [-0.05, 0) is 22.9 Å². The average Bonchev–Trinajstić information content (AvgIpc) is 3.17. The molecule has 0 saturated carbocycles. The number of hydrogen-bond acceptors (Lipinski definition) is 3. The molecule has 1 heterocycles. The number of methoxy groups -OCH3 is 1. The van der Waals surface area contributed by atoms with E-state index in [0.29, 0.717) is 5.56 Å². The first-order valence-electron chi connectivity index (χ1n) is 9.45. The van der Waals surface area contributed by atoms with Crippen LogP contribution in [0, 0.1) is 0 Å². The van der Waals surface area contributed by atoms with Crippen LogP contribution in [0.2, 0.25) is 0 Å². The van der Waals surface area contributed by atoms with Crippen molar-refractivity contribution in [3.05, 3.63) is 96.6 Å². The van der Waals surface area contributed by atoms with Crippen LogP contribution < -0.4 is 0 Å². The lowest BCUT2D eigenvalue weighted by molar-refractivity contribution is 0.0602. The molecule has 0 unspecified atom stereocenters. The fourth-order valence-electron chi connectivity index (χ4n) is 3.91. The number of carbonyl (C=O) groups is 1. The Labute approximate surface area is 168 Å². The molecule has 5 rings (SSSR count). The highest BCUT2D eigenvalue weighted by atomic mass is 16.5. The Morgan fingerprint density at radius 2 is 1.41 bits per heavy atom. The predicted octanol–water partition coefficient (Wildman–Crippen LogP) is 6.71. The second kappa shape index (κ2) is 6.95. The highest BCUT2D eigenvalue weighted by Gasteiger charge is 2.24. The SMILES string of the molecule is COC(=O)c1ccc2ccccc2c1-c1c(-c2ccccc2)oc2ccccc12. The summed E-state index contributed by atoms with van der Waals surface area (Å²) < 4.78 is 11.4. The summed E-state index contributed by atoms with van der Waals surface area (Å²) in [5, 5.41) is 3.01. The minimum atomic E-state index is -0.366. The summed E-state index contributed by atoms with van der Waals surface area (Å²) in [6.45, 7) is 0. The molecule has 0 aliphatic rings. The van der Waals surface area contributed by atoms with Gasteiger partial charge in [-0.15, -0.1) is 0 Å². The quantitative estimate of drug-likeness (QED) is 0.328. The Bertz CT molecular complexity index is 1350. The van der Waals surface area contributed by atoms with Crippen LogP contribution >= 0.6 is 0 Å². The molecule has 3 heteroatoms. The standard InChI is InChI=1S/C26H18O3/c1-28-26(27)21-16-15-17-9-5-6-12-19(17)23(21)24-20-13-7-8-14-22(20)29-25(24)18-10-3-2-4-11-18/h2-16H,1H3. The molecule has 0 atom stereocenters. The van der Waals surface area contributed by atoms with E-state index in [0.717, 1.165) is 44.2 Å². The molecule has 0 radical (unpaired) electrons. The minimum Gasteiger partial charge on any atom is -0.465 e. The third-order valence-corrected chi connectivity index (χ3v) is 5.22. The number of carbonyl (C=O) groups excluding carboxylic acids is 1. The van der Waals surface area contributed by atoms with Gasteiger partial charge < -0.3 is 9.15 Å². The summed E-state index contributed by atoms with van der Waals surface area (Å²) in [7, 11) is 1.41. The second-order valence-corrected chi connectivity index (χ2v) is 6.87. The molecule has 0 saturated heterocycles. The topological polar surface area (TPSA) is 39.4 Å². The smallest absolute Gasteiger partial charge is 0.338 e. The Balaban J connectivity index is 1.97. The van der Waals surface area contributed by atoms with Crippen LogP contribution in [0.1, 0.15) is 10.4 Å². The molecule has 0 N–H and O–H groups in total. The predicted molar refractivity (Wildman–Crippen MR) is 116 cm³/mol. The zero-order valence-corrected chi connectivity index (χ0v) is 15.9. The number of furan rings is 1. The van der Waals surface area contributed by atoms with Crippen LogP contribution in [0.3, 0.4) is 0 Å². The molecular formula is C26H18O3. The van der Waals surface area contributed by atoms with E-state index < -0.39 is 0 Å². The fourth-order valence-corrected chi connectivity index (χ4v) is 3.91. The van der Waals surface area contributed by atoms with Gasteiger partial charge in [0.1, 0.15) is 11.3 Å². The molecule has 0 amide bonds. The fraction of sp³-hybridized carbons (Fsp3) is 0.0385. The van der Waals surface area contributed by atoms with Gasteiger partial charge in [0, 0.05) is 22.1 Å². The van der Waals surface area contributed by atoms with E-state index in [4.69, 9.17) is 9.15 Å². The first kappa shape index (κ1) is 17.3. The van der Waals surface area contributed by atoms with Gasteiger partial charge in [0.2, 0.25) is 0 Å².